The van der Waals surface area contributed by atoms with Gasteiger partial charge in [-0.2, -0.15) is 0 Å². The average molecular weight is 269 g/mol. The zero-order valence-corrected chi connectivity index (χ0v) is 12.3. The summed E-state index contributed by atoms with van der Waals surface area (Å²) in [7, 11) is 3.16. The van der Waals surface area contributed by atoms with Crippen LogP contribution in [0.1, 0.15) is 19.4 Å². The fourth-order valence-corrected chi connectivity index (χ4v) is 2.03. The van der Waals surface area contributed by atoms with Crippen LogP contribution in [0.15, 0.2) is 18.2 Å². The van der Waals surface area contributed by atoms with Crippen LogP contribution >= 0.6 is 0 Å². The molecule has 0 radical (unpaired) electrons. The highest BCUT2D eigenvalue weighted by Gasteiger charge is 2.21. The Morgan fingerprint density at radius 3 is 2.63 bits per heavy atom. The molecule has 0 aliphatic rings. The molecule has 0 aliphatic heterocycles. The molecule has 0 spiro atoms. The van der Waals surface area contributed by atoms with Crippen molar-refractivity contribution < 1.29 is 13.9 Å². The Balaban J connectivity index is 2.62. The Morgan fingerprint density at radius 2 is 2.00 bits per heavy atom. The van der Waals surface area contributed by atoms with E-state index >= 15 is 0 Å². The summed E-state index contributed by atoms with van der Waals surface area (Å²) < 4.78 is 24.1. The number of ether oxygens (including phenoxy) is 2. The fourth-order valence-electron chi connectivity index (χ4n) is 2.03. The lowest BCUT2D eigenvalue weighted by Crippen LogP contribution is -2.33. The topological polar surface area (TPSA) is 30.5 Å². The maximum absolute atomic E-state index is 14.1. The lowest BCUT2D eigenvalue weighted by molar-refractivity contribution is 0.193. The summed E-state index contributed by atoms with van der Waals surface area (Å²) in [4.78, 5) is 0. The molecule has 1 rings (SSSR count). The van der Waals surface area contributed by atoms with Crippen molar-refractivity contribution in [2.45, 2.75) is 20.3 Å². The summed E-state index contributed by atoms with van der Waals surface area (Å²) in [5.41, 5.74) is 0.666. The first-order valence-corrected chi connectivity index (χ1v) is 6.51. The summed E-state index contributed by atoms with van der Waals surface area (Å²) in [5, 5.41) is 3.32. The normalized spacial score (nSPS) is 11.6. The number of halogens is 1. The van der Waals surface area contributed by atoms with Crippen LogP contribution in [0.25, 0.3) is 0 Å². The lowest BCUT2D eigenvalue weighted by atomic mass is 9.85. The van der Waals surface area contributed by atoms with Gasteiger partial charge in [0.25, 0.3) is 0 Å². The number of nitrogens with one attached hydrogen (secondary N) is 1. The third-order valence-electron chi connectivity index (χ3n) is 3.02. The Hall–Kier alpha value is -1.13. The van der Waals surface area contributed by atoms with Gasteiger partial charge >= 0.3 is 0 Å². The van der Waals surface area contributed by atoms with Gasteiger partial charge < -0.3 is 14.8 Å². The zero-order chi connectivity index (χ0) is 14.3. The largest absolute Gasteiger partial charge is 0.494 e. The molecule has 0 aromatic heterocycles. The Morgan fingerprint density at radius 1 is 1.26 bits per heavy atom. The molecular formula is C15H24FNO2. The molecule has 0 unspecified atom stereocenters. The summed E-state index contributed by atoms with van der Waals surface area (Å²) in [6.07, 6.45) is 0.663. The van der Waals surface area contributed by atoms with Crippen molar-refractivity contribution in [1.82, 2.24) is 5.32 Å². The standard InChI is InChI=1S/C15H24FNO2/c1-15(2,11-17-8-9-18-3)10-12-6-5-7-13(19-4)14(12)16/h5-7,17H,8-11H2,1-4H3. The molecule has 0 bridgehead atoms. The second-order valence-corrected chi connectivity index (χ2v) is 5.44. The Bertz CT molecular complexity index is 394. The monoisotopic (exact) mass is 269 g/mol. The van der Waals surface area contributed by atoms with E-state index in [0.717, 1.165) is 13.1 Å². The van der Waals surface area contributed by atoms with E-state index in [0.29, 0.717) is 24.3 Å². The molecule has 0 saturated heterocycles. The Labute approximate surface area is 115 Å². The van der Waals surface area contributed by atoms with Gasteiger partial charge in [0.15, 0.2) is 11.6 Å². The molecule has 0 atom stereocenters. The predicted molar refractivity (Wildman–Crippen MR) is 75.2 cm³/mol. The van der Waals surface area contributed by atoms with Gasteiger partial charge in [-0.15, -0.1) is 0 Å². The highest BCUT2D eigenvalue weighted by atomic mass is 19.1. The lowest BCUT2D eigenvalue weighted by Gasteiger charge is -2.25. The molecule has 0 saturated carbocycles. The summed E-state index contributed by atoms with van der Waals surface area (Å²) in [6.45, 7) is 6.54. The van der Waals surface area contributed by atoms with Crippen LogP contribution < -0.4 is 10.1 Å². The summed E-state index contributed by atoms with van der Waals surface area (Å²) in [5.74, 6) is 0.0515. The minimum absolute atomic E-state index is 0.0268. The van der Waals surface area contributed by atoms with Crippen LogP contribution in [0.4, 0.5) is 4.39 Å². The van der Waals surface area contributed by atoms with Crippen LogP contribution in [-0.2, 0) is 11.2 Å². The number of benzene rings is 1. The van der Waals surface area contributed by atoms with E-state index in [2.05, 4.69) is 19.2 Å². The SMILES string of the molecule is COCCNCC(C)(C)Cc1cccc(OC)c1F. The van der Waals surface area contributed by atoms with Gasteiger partial charge in [-0.25, -0.2) is 4.39 Å². The highest BCUT2D eigenvalue weighted by molar-refractivity contribution is 5.31. The van der Waals surface area contributed by atoms with Gasteiger partial charge in [0, 0.05) is 20.2 Å². The molecule has 1 N–H and O–H groups in total. The highest BCUT2D eigenvalue weighted by Crippen LogP contribution is 2.27. The van der Waals surface area contributed by atoms with Gasteiger partial charge in [-0.1, -0.05) is 26.0 Å². The van der Waals surface area contributed by atoms with Gasteiger partial charge in [-0.05, 0) is 23.5 Å². The molecule has 108 valence electrons. The van der Waals surface area contributed by atoms with E-state index in [9.17, 15) is 4.39 Å². The fraction of sp³-hybridized carbons (Fsp3) is 0.600. The number of methoxy groups -OCH3 is 2. The van der Waals surface area contributed by atoms with E-state index in [1.807, 2.05) is 12.1 Å². The van der Waals surface area contributed by atoms with Gasteiger partial charge in [-0.3, -0.25) is 0 Å². The molecule has 0 amide bonds. The quantitative estimate of drug-likeness (QED) is 0.736. The molecule has 3 nitrogen and oxygen atoms in total. The van der Waals surface area contributed by atoms with Gasteiger partial charge in [0.05, 0.1) is 13.7 Å². The van der Waals surface area contributed by atoms with E-state index < -0.39 is 0 Å². The van der Waals surface area contributed by atoms with Crippen molar-refractivity contribution in [3.05, 3.63) is 29.6 Å². The van der Waals surface area contributed by atoms with Crippen molar-refractivity contribution in [1.29, 1.82) is 0 Å². The van der Waals surface area contributed by atoms with E-state index in [1.54, 1.807) is 13.2 Å². The van der Waals surface area contributed by atoms with Crippen LogP contribution in [0.3, 0.4) is 0 Å². The van der Waals surface area contributed by atoms with Crippen LogP contribution in [-0.4, -0.2) is 33.9 Å². The second-order valence-electron chi connectivity index (χ2n) is 5.44. The molecule has 19 heavy (non-hydrogen) atoms. The minimum Gasteiger partial charge on any atom is -0.494 e. The summed E-state index contributed by atoms with van der Waals surface area (Å²) >= 11 is 0. The number of hydrogen-bond acceptors (Lipinski definition) is 3. The van der Waals surface area contributed by atoms with Crippen LogP contribution in [0.5, 0.6) is 5.75 Å². The van der Waals surface area contributed by atoms with E-state index in [4.69, 9.17) is 9.47 Å². The molecule has 4 heteroatoms. The van der Waals surface area contributed by atoms with Crippen molar-refractivity contribution in [3.63, 3.8) is 0 Å². The summed E-state index contributed by atoms with van der Waals surface area (Å²) in [6, 6.07) is 5.28. The zero-order valence-electron chi connectivity index (χ0n) is 12.3. The van der Waals surface area contributed by atoms with Gasteiger partial charge in [0.1, 0.15) is 0 Å². The number of rotatable bonds is 8. The van der Waals surface area contributed by atoms with E-state index in [1.165, 1.54) is 7.11 Å². The van der Waals surface area contributed by atoms with Crippen LogP contribution in [0, 0.1) is 11.2 Å². The molecular weight excluding hydrogens is 245 g/mol. The van der Waals surface area contributed by atoms with E-state index in [-0.39, 0.29) is 11.2 Å². The first kappa shape index (κ1) is 15.9. The molecule has 1 aromatic carbocycles. The van der Waals surface area contributed by atoms with Crippen molar-refractivity contribution in [2.75, 3.05) is 33.9 Å². The van der Waals surface area contributed by atoms with Crippen LogP contribution in [0.2, 0.25) is 0 Å². The maximum Gasteiger partial charge on any atom is 0.168 e. The Kier molecular flexibility index (Phi) is 6.25. The molecule has 0 aliphatic carbocycles. The predicted octanol–water partition coefficient (Wildman–Crippen LogP) is 2.64. The van der Waals surface area contributed by atoms with Crippen molar-refractivity contribution in [2.24, 2.45) is 5.41 Å². The maximum atomic E-state index is 14.1. The molecule has 0 fully saturated rings. The molecule has 1 aromatic rings. The number of hydrogen-bond donors (Lipinski definition) is 1. The third-order valence-corrected chi connectivity index (χ3v) is 3.02. The smallest absolute Gasteiger partial charge is 0.168 e. The average Bonchev–Trinajstić information content (AvgIpc) is 2.37. The van der Waals surface area contributed by atoms with Gasteiger partial charge in [0.2, 0.25) is 0 Å². The first-order chi connectivity index (χ1) is 9.00. The molecule has 0 heterocycles. The van der Waals surface area contributed by atoms with Crippen molar-refractivity contribution in [3.8, 4) is 5.75 Å². The third kappa shape index (κ3) is 5.17. The first-order valence-electron chi connectivity index (χ1n) is 6.51. The second kappa shape index (κ2) is 7.46. The van der Waals surface area contributed by atoms with Crippen molar-refractivity contribution >= 4 is 0 Å². The minimum atomic E-state index is -0.255.